The second-order valence-electron chi connectivity index (χ2n) is 12.2. The lowest BCUT2D eigenvalue weighted by Crippen LogP contribution is -2.47. The lowest BCUT2D eigenvalue weighted by molar-refractivity contribution is -0.143. The van der Waals surface area contributed by atoms with Gasteiger partial charge in [0.2, 0.25) is 5.88 Å². The van der Waals surface area contributed by atoms with Crippen molar-refractivity contribution in [2.24, 2.45) is 0 Å². The van der Waals surface area contributed by atoms with Crippen LogP contribution in [0.15, 0.2) is 54.6 Å². The topological polar surface area (TPSA) is 48.9 Å². The van der Waals surface area contributed by atoms with Gasteiger partial charge in [0, 0.05) is 37.8 Å². The zero-order valence-corrected chi connectivity index (χ0v) is 25.3. The van der Waals surface area contributed by atoms with Crippen molar-refractivity contribution in [2.45, 2.75) is 63.5 Å². The van der Waals surface area contributed by atoms with E-state index in [-0.39, 0.29) is 36.2 Å². The van der Waals surface area contributed by atoms with Crippen LogP contribution in [0.25, 0.3) is 11.1 Å². The fraction of sp³-hybridized carbons (Fsp3) is 0.471. The second kappa shape index (κ2) is 13.1. The minimum absolute atomic E-state index is 0.0792. The maximum Gasteiger partial charge on any atom is 0.416 e. The SMILES string of the molecule is O=C1c2c(-c3ccccc3)cc(N3CCC(N4CCCCC4)CC3)nc2OCCCN1Cc1cc(C(F)(F)F)cc(C(F)(F)F)c1. The predicted octanol–water partition coefficient (Wildman–Crippen LogP) is 7.67. The molecule has 0 aliphatic carbocycles. The van der Waals surface area contributed by atoms with Gasteiger partial charge in [0.25, 0.3) is 5.91 Å². The van der Waals surface area contributed by atoms with Crippen LogP contribution in [0.2, 0.25) is 0 Å². The predicted molar refractivity (Wildman–Crippen MR) is 162 cm³/mol. The number of piperidine rings is 2. The third-order valence-corrected chi connectivity index (χ3v) is 9.09. The van der Waals surface area contributed by atoms with Crippen molar-refractivity contribution in [1.82, 2.24) is 14.8 Å². The Kier molecular flexibility index (Phi) is 9.18. The second-order valence-corrected chi connectivity index (χ2v) is 12.2. The van der Waals surface area contributed by atoms with Crippen LogP contribution in [0.3, 0.4) is 0 Å². The number of likely N-dealkylation sites (tertiary alicyclic amines) is 1. The van der Waals surface area contributed by atoms with E-state index < -0.39 is 35.9 Å². The van der Waals surface area contributed by atoms with Gasteiger partial charge in [-0.2, -0.15) is 31.3 Å². The molecule has 6 nitrogen and oxygen atoms in total. The molecule has 2 fully saturated rings. The van der Waals surface area contributed by atoms with Gasteiger partial charge in [0.1, 0.15) is 11.4 Å². The molecule has 1 amide bonds. The van der Waals surface area contributed by atoms with E-state index in [0.29, 0.717) is 36.0 Å². The molecule has 1 aromatic heterocycles. The number of aromatic nitrogens is 1. The number of ether oxygens (including phenoxy) is 1. The van der Waals surface area contributed by atoms with Crippen molar-refractivity contribution >= 4 is 11.7 Å². The van der Waals surface area contributed by atoms with Gasteiger partial charge < -0.3 is 19.4 Å². The number of carbonyl (C=O) groups is 1. The average molecular weight is 647 g/mol. The number of hydrogen-bond acceptors (Lipinski definition) is 5. The standard InChI is InChI=1S/C34H36F6N4O2/c35-33(36,37)25-18-23(19-26(20-25)34(38,39)40)22-44-14-7-17-46-31-30(32(44)45)28(24-8-3-1-4-9-24)21-29(41-31)43-15-10-27(11-16-43)42-12-5-2-6-13-42/h1,3-4,8-9,18-21,27H,2,5-7,10-17,22H2. The van der Waals surface area contributed by atoms with E-state index in [1.807, 2.05) is 36.4 Å². The highest BCUT2D eigenvalue weighted by Gasteiger charge is 2.38. The van der Waals surface area contributed by atoms with Crippen LogP contribution in [0.1, 0.15) is 65.6 Å². The molecule has 3 aromatic rings. The number of anilines is 1. The van der Waals surface area contributed by atoms with Crippen molar-refractivity contribution < 1.29 is 35.9 Å². The van der Waals surface area contributed by atoms with E-state index >= 15 is 0 Å². The zero-order chi connectivity index (χ0) is 32.5. The van der Waals surface area contributed by atoms with Crippen LogP contribution in [-0.2, 0) is 18.9 Å². The lowest BCUT2D eigenvalue weighted by Gasteiger charge is -2.40. The fourth-order valence-corrected chi connectivity index (χ4v) is 6.74. The summed E-state index contributed by atoms with van der Waals surface area (Å²) in [7, 11) is 0. The summed E-state index contributed by atoms with van der Waals surface area (Å²) in [6, 6.07) is 13.0. The van der Waals surface area contributed by atoms with Crippen molar-refractivity contribution in [2.75, 3.05) is 44.2 Å². The molecule has 0 unspecified atom stereocenters. The number of fused-ring (bicyclic) bond motifs is 1. The zero-order valence-electron chi connectivity index (χ0n) is 25.3. The summed E-state index contributed by atoms with van der Waals surface area (Å²) in [5.41, 5.74) is -1.68. The summed E-state index contributed by atoms with van der Waals surface area (Å²) < 4.78 is 87.5. The summed E-state index contributed by atoms with van der Waals surface area (Å²) in [6.45, 7) is 3.65. The van der Waals surface area contributed by atoms with Gasteiger partial charge in [0.15, 0.2) is 0 Å². The van der Waals surface area contributed by atoms with Crippen LogP contribution in [0.5, 0.6) is 5.88 Å². The highest BCUT2D eigenvalue weighted by molar-refractivity contribution is 6.03. The Morgan fingerprint density at radius 3 is 2.07 bits per heavy atom. The normalized spacial score (nSPS) is 19.0. The molecule has 0 bridgehead atoms. The van der Waals surface area contributed by atoms with Crippen molar-refractivity contribution in [1.29, 1.82) is 0 Å². The number of rotatable bonds is 5. The van der Waals surface area contributed by atoms with Crippen molar-refractivity contribution in [3.05, 3.63) is 76.9 Å². The summed E-state index contributed by atoms with van der Waals surface area (Å²) >= 11 is 0. The molecule has 246 valence electrons. The Morgan fingerprint density at radius 1 is 0.783 bits per heavy atom. The van der Waals surface area contributed by atoms with Gasteiger partial charge in [-0.3, -0.25) is 4.79 Å². The summed E-state index contributed by atoms with van der Waals surface area (Å²) in [6.07, 6.45) is -3.93. The minimum Gasteiger partial charge on any atom is -0.477 e. The molecule has 12 heteroatoms. The Morgan fingerprint density at radius 2 is 1.43 bits per heavy atom. The number of alkyl halides is 6. The summed E-state index contributed by atoms with van der Waals surface area (Å²) in [4.78, 5) is 25.1. The summed E-state index contributed by atoms with van der Waals surface area (Å²) in [5.74, 6) is 0.217. The van der Waals surface area contributed by atoms with Gasteiger partial charge in [-0.1, -0.05) is 36.8 Å². The highest BCUT2D eigenvalue weighted by Crippen LogP contribution is 2.39. The molecule has 6 rings (SSSR count). The number of carbonyl (C=O) groups excluding carboxylic acids is 1. The van der Waals surface area contributed by atoms with E-state index in [2.05, 4.69) is 9.80 Å². The molecule has 0 radical (unpaired) electrons. The molecular weight excluding hydrogens is 610 g/mol. The molecule has 2 saturated heterocycles. The fourth-order valence-electron chi connectivity index (χ4n) is 6.74. The number of halogens is 6. The number of hydrogen-bond donors (Lipinski definition) is 0. The lowest BCUT2D eigenvalue weighted by atomic mass is 9.97. The van der Waals surface area contributed by atoms with Gasteiger partial charge in [-0.15, -0.1) is 0 Å². The Labute approximate surface area is 263 Å². The number of benzene rings is 2. The van der Waals surface area contributed by atoms with E-state index in [1.165, 1.54) is 24.2 Å². The van der Waals surface area contributed by atoms with Crippen LogP contribution in [0, 0.1) is 0 Å². The molecule has 0 saturated carbocycles. The van der Waals surface area contributed by atoms with Gasteiger partial charge in [0.05, 0.1) is 17.7 Å². The third-order valence-electron chi connectivity index (χ3n) is 9.09. The first kappa shape index (κ1) is 32.2. The van der Waals surface area contributed by atoms with Crippen molar-refractivity contribution in [3.63, 3.8) is 0 Å². The van der Waals surface area contributed by atoms with E-state index in [0.717, 1.165) is 44.6 Å². The van der Waals surface area contributed by atoms with E-state index in [1.54, 1.807) is 0 Å². The van der Waals surface area contributed by atoms with Crippen LogP contribution >= 0.6 is 0 Å². The highest BCUT2D eigenvalue weighted by atomic mass is 19.4. The first-order valence-corrected chi connectivity index (χ1v) is 15.8. The molecule has 46 heavy (non-hydrogen) atoms. The Bertz CT molecular complexity index is 1500. The first-order valence-electron chi connectivity index (χ1n) is 15.8. The molecule has 0 atom stereocenters. The Hall–Kier alpha value is -3.80. The maximum absolute atomic E-state index is 14.2. The van der Waals surface area contributed by atoms with Crippen LogP contribution < -0.4 is 9.64 Å². The minimum atomic E-state index is -4.99. The van der Waals surface area contributed by atoms with Crippen molar-refractivity contribution in [3.8, 4) is 17.0 Å². The molecule has 3 aliphatic heterocycles. The number of amides is 1. The molecule has 4 heterocycles. The summed E-state index contributed by atoms with van der Waals surface area (Å²) in [5, 5.41) is 0. The monoisotopic (exact) mass is 646 g/mol. The quantitative estimate of drug-likeness (QED) is 0.267. The third kappa shape index (κ3) is 7.11. The smallest absolute Gasteiger partial charge is 0.416 e. The molecular formula is C34H36F6N4O2. The number of nitrogens with zero attached hydrogens (tertiary/aromatic N) is 4. The molecule has 3 aliphatic rings. The first-order chi connectivity index (χ1) is 22.0. The van der Waals surface area contributed by atoms with E-state index in [9.17, 15) is 31.1 Å². The Balaban J connectivity index is 1.34. The van der Waals surface area contributed by atoms with Gasteiger partial charge in [-0.05, 0) is 80.6 Å². The molecule has 2 aromatic carbocycles. The molecule has 0 N–H and O–H groups in total. The average Bonchev–Trinajstić information content (AvgIpc) is 3.04. The van der Waals surface area contributed by atoms with Crippen LogP contribution in [-0.4, -0.2) is 66.1 Å². The number of pyridine rings is 1. The van der Waals surface area contributed by atoms with E-state index in [4.69, 9.17) is 9.72 Å². The maximum atomic E-state index is 14.2. The largest absolute Gasteiger partial charge is 0.477 e. The molecule has 0 spiro atoms. The van der Waals surface area contributed by atoms with Crippen LogP contribution in [0.4, 0.5) is 32.2 Å². The van der Waals surface area contributed by atoms with Gasteiger partial charge in [-0.25, -0.2) is 0 Å². The van der Waals surface area contributed by atoms with Gasteiger partial charge >= 0.3 is 12.4 Å².